The average molecular weight is 380 g/mol. The third kappa shape index (κ3) is 3.73. The van der Waals surface area contributed by atoms with Crippen LogP contribution >= 0.6 is 0 Å². The van der Waals surface area contributed by atoms with Gasteiger partial charge in [0.2, 0.25) is 0 Å². The summed E-state index contributed by atoms with van der Waals surface area (Å²) < 4.78 is 0. The number of hydrogen-bond donors (Lipinski definition) is 2. The van der Waals surface area contributed by atoms with Gasteiger partial charge in [0.1, 0.15) is 5.60 Å². The first-order valence-corrected chi connectivity index (χ1v) is 9.81. The second kappa shape index (κ2) is 8.04. The van der Waals surface area contributed by atoms with E-state index >= 15 is 0 Å². The average Bonchev–Trinajstić information content (AvgIpc) is 2.80. The van der Waals surface area contributed by atoms with E-state index in [0.717, 1.165) is 22.3 Å². The fourth-order valence-corrected chi connectivity index (χ4v) is 3.74. The van der Waals surface area contributed by atoms with Gasteiger partial charge in [-0.25, -0.2) is 0 Å². The van der Waals surface area contributed by atoms with E-state index in [1.54, 1.807) is 6.92 Å². The van der Waals surface area contributed by atoms with Crippen molar-refractivity contribution in [2.45, 2.75) is 18.6 Å². The number of rotatable bonds is 5. The van der Waals surface area contributed by atoms with Gasteiger partial charge in [0.15, 0.2) is 0 Å². The normalized spacial score (nSPS) is 12.5. The van der Waals surface area contributed by atoms with Crippen LogP contribution < -0.4 is 0 Å². The van der Waals surface area contributed by atoms with Crippen LogP contribution in [0.2, 0.25) is 0 Å². The molecule has 0 aliphatic carbocycles. The van der Waals surface area contributed by atoms with Crippen LogP contribution in [0.3, 0.4) is 0 Å². The largest absolute Gasteiger partial charge is 0.390 e. The number of aliphatic hydroxyl groups excluding tert-OH is 1. The van der Waals surface area contributed by atoms with Crippen LogP contribution in [0.4, 0.5) is 0 Å². The van der Waals surface area contributed by atoms with Crippen molar-refractivity contribution in [3.05, 3.63) is 120 Å². The molecule has 0 radical (unpaired) electrons. The summed E-state index contributed by atoms with van der Waals surface area (Å²) in [5, 5.41) is 22.0. The summed E-state index contributed by atoms with van der Waals surface area (Å²) in [7, 11) is 0. The number of aliphatic hydroxyl groups is 2. The molecule has 0 spiro atoms. The van der Waals surface area contributed by atoms with E-state index < -0.39 is 11.7 Å². The Hall–Kier alpha value is -3.20. The Morgan fingerprint density at radius 1 is 0.517 bits per heavy atom. The van der Waals surface area contributed by atoms with Crippen LogP contribution in [0.15, 0.2) is 109 Å². The van der Waals surface area contributed by atoms with Crippen LogP contribution in [0.1, 0.15) is 18.1 Å². The molecule has 0 saturated carbocycles. The van der Waals surface area contributed by atoms with E-state index in [1.807, 2.05) is 84.9 Å². The van der Waals surface area contributed by atoms with Crippen molar-refractivity contribution in [2.24, 2.45) is 0 Å². The predicted octanol–water partition coefficient (Wildman–Crippen LogP) is 5.64. The minimum Gasteiger partial charge on any atom is -0.390 e. The summed E-state index contributed by atoms with van der Waals surface area (Å²) in [4.78, 5) is 0. The molecule has 0 aliphatic rings. The lowest BCUT2D eigenvalue weighted by Gasteiger charge is -2.32. The van der Waals surface area contributed by atoms with E-state index in [0.29, 0.717) is 11.1 Å². The zero-order valence-electron chi connectivity index (χ0n) is 16.4. The molecule has 0 bridgehead atoms. The van der Waals surface area contributed by atoms with Crippen LogP contribution in [0, 0.1) is 0 Å². The van der Waals surface area contributed by atoms with Gasteiger partial charge < -0.3 is 10.2 Å². The molecule has 0 aliphatic heterocycles. The van der Waals surface area contributed by atoms with Gasteiger partial charge in [0.05, 0.1) is 6.10 Å². The predicted molar refractivity (Wildman–Crippen MR) is 118 cm³/mol. The van der Waals surface area contributed by atoms with Gasteiger partial charge in [-0.2, -0.15) is 0 Å². The SMILES string of the molecule is C[C@H](O)C(O)(c1ccc(-c2ccccc2)cc1)c1ccc(-c2ccccc2)cc1. The molecule has 2 heteroatoms. The van der Waals surface area contributed by atoms with E-state index in [1.165, 1.54) is 0 Å². The second-order valence-electron chi connectivity index (χ2n) is 7.33. The maximum Gasteiger partial charge on any atom is 0.140 e. The van der Waals surface area contributed by atoms with Crippen molar-refractivity contribution in [1.29, 1.82) is 0 Å². The molecule has 2 nitrogen and oxygen atoms in total. The van der Waals surface area contributed by atoms with Gasteiger partial charge in [-0.05, 0) is 40.3 Å². The molecular weight excluding hydrogens is 356 g/mol. The highest BCUT2D eigenvalue weighted by atomic mass is 16.3. The van der Waals surface area contributed by atoms with E-state index in [-0.39, 0.29) is 0 Å². The summed E-state index contributed by atoms with van der Waals surface area (Å²) in [5.74, 6) is 0. The quantitative estimate of drug-likeness (QED) is 0.470. The smallest absolute Gasteiger partial charge is 0.140 e. The Morgan fingerprint density at radius 3 is 1.14 bits per heavy atom. The molecule has 144 valence electrons. The zero-order valence-corrected chi connectivity index (χ0v) is 16.4. The third-order valence-corrected chi connectivity index (χ3v) is 5.47. The second-order valence-corrected chi connectivity index (χ2v) is 7.33. The van der Waals surface area contributed by atoms with E-state index in [9.17, 15) is 10.2 Å². The molecule has 1 atom stereocenters. The molecule has 0 saturated heterocycles. The van der Waals surface area contributed by atoms with Crippen LogP contribution in [0.5, 0.6) is 0 Å². The lowest BCUT2D eigenvalue weighted by molar-refractivity contribution is -0.0394. The summed E-state index contributed by atoms with van der Waals surface area (Å²) in [6.45, 7) is 1.62. The van der Waals surface area contributed by atoms with Crippen LogP contribution in [-0.4, -0.2) is 16.3 Å². The first-order valence-electron chi connectivity index (χ1n) is 9.81. The van der Waals surface area contributed by atoms with Crippen LogP contribution in [-0.2, 0) is 5.60 Å². The molecule has 4 aromatic rings. The molecule has 0 fully saturated rings. The van der Waals surface area contributed by atoms with E-state index in [2.05, 4.69) is 24.3 Å². The fraction of sp³-hybridized carbons (Fsp3) is 0.111. The molecule has 0 aromatic heterocycles. The summed E-state index contributed by atoms with van der Waals surface area (Å²) in [5.41, 5.74) is 4.23. The summed E-state index contributed by atoms with van der Waals surface area (Å²) >= 11 is 0. The first-order chi connectivity index (χ1) is 14.1. The van der Waals surface area contributed by atoms with Crippen molar-refractivity contribution in [3.63, 3.8) is 0 Å². The van der Waals surface area contributed by atoms with Gasteiger partial charge >= 0.3 is 0 Å². The monoisotopic (exact) mass is 380 g/mol. The Morgan fingerprint density at radius 2 is 0.828 bits per heavy atom. The maximum atomic E-state index is 11.5. The Balaban J connectivity index is 1.69. The van der Waals surface area contributed by atoms with Gasteiger partial charge in [-0.3, -0.25) is 0 Å². The standard InChI is InChI=1S/C27H24O2/c1-20(28)27(29,25-16-12-23(13-17-25)21-8-4-2-5-9-21)26-18-14-24(15-19-26)22-10-6-3-7-11-22/h2-20,28-29H,1H3/t20-/m0/s1. The van der Waals surface area contributed by atoms with Crippen molar-refractivity contribution >= 4 is 0 Å². The Labute approximate surface area is 171 Å². The summed E-state index contributed by atoms with van der Waals surface area (Å²) in [6.07, 6.45) is -0.965. The third-order valence-electron chi connectivity index (χ3n) is 5.47. The van der Waals surface area contributed by atoms with Gasteiger partial charge in [0, 0.05) is 0 Å². The van der Waals surface area contributed by atoms with Crippen molar-refractivity contribution in [3.8, 4) is 22.3 Å². The molecule has 0 unspecified atom stereocenters. The molecule has 0 amide bonds. The Bertz CT molecular complexity index is 968. The topological polar surface area (TPSA) is 40.5 Å². The van der Waals surface area contributed by atoms with Crippen LogP contribution in [0.25, 0.3) is 22.3 Å². The molecule has 2 N–H and O–H groups in total. The molecule has 29 heavy (non-hydrogen) atoms. The van der Waals surface area contributed by atoms with Gasteiger partial charge in [0.25, 0.3) is 0 Å². The van der Waals surface area contributed by atoms with Crippen molar-refractivity contribution in [2.75, 3.05) is 0 Å². The van der Waals surface area contributed by atoms with Crippen molar-refractivity contribution < 1.29 is 10.2 Å². The van der Waals surface area contributed by atoms with Gasteiger partial charge in [-0.15, -0.1) is 0 Å². The molecule has 4 rings (SSSR count). The maximum absolute atomic E-state index is 11.5. The minimum absolute atomic E-state index is 0.666. The highest BCUT2D eigenvalue weighted by molar-refractivity contribution is 5.65. The first kappa shape index (κ1) is 19.1. The number of benzene rings is 4. The lowest BCUT2D eigenvalue weighted by atomic mass is 9.81. The highest BCUT2D eigenvalue weighted by Crippen LogP contribution is 2.35. The lowest BCUT2D eigenvalue weighted by Crippen LogP contribution is -2.38. The summed E-state index contributed by atoms with van der Waals surface area (Å²) in [6, 6.07) is 35.7. The Kier molecular flexibility index (Phi) is 5.30. The van der Waals surface area contributed by atoms with E-state index in [4.69, 9.17) is 0 Å². The fourth-order valence-electron chi connectivity index (χ4n) is 3.74. The number of hydrogen-bond acceptors (Lipinski definition) is 2. The zero-order chi connectivity index (χ0) is 20.3. The van der Waals surface area contributed by atoms with Crippen molar-refractivity contribution in [1.82, 2.24) is 0 Å². The minimum atomic E-state index is -1.48. The molecule has 4 aromatic carbocycles. The highest BCUT2D eigenvalue weighted by Gasteiger charge is 2.36. The molecular formula is C27H24O2. The molecule has 0 heterocycles. The van der Waals surface area contributed by atoms with Gasteiger partial charge in [-0.1, -0.05) is 109 Å².